The van der Waals surface area contributed by atoms with E-state index >= 15 is 0 Å². The maximum absolute atomic E-state index is 14.5. The Balaban J connectivity index is 1.95. The summed E-state index contributed by atoms with van der Waals surface area (Å²) in [5.41, 5.74) is 0.737. The molecule has 1 aromatic heterocycles. The lowest BCUT2D eigenvalue weighted by Gasteiger charge is -2.50. The normalized spacial score (nSPS) is 21.2. The first-order valence-corrected chi connectivity index (χ1v) is 45.1. The first-order chi connectivity index (χ1) is 26.9. The summed E-state index contributed by atoms with van der Waals surface area (Å²) in [6, 6.07) is 10.8. The summed E-state index contributed by atoms with van der Waals surface area (Å²) in [6.45, 7) is 45.4. The van der Waals surface area contributed by atoms with E-state index < -0.39 is 88.9 Å². The molecule has 0 aliphatic carbocycles. The van der Waals surface area contributed by atoms with Gasteiger partial charge in [0.05, 0.1) is 6.61 Å². The maximum atomic E-state index is 14.5. The third-order valence-electron chi connectivity index (χ3n) is 8.24. The molecule has 5 unspecified atom stereocenters. The summed E-state index contributed by atoms with van der Waals surface area (Å²) in [7, 11) is -14.8. The van der Waals surface area contributed by atoms with Crippen LogP contribution in [-0.2, 0) is 22.4 Å². The Morgan fingerprint density at radius 3 is 1.55 bits per heavy atom. The van der Waals surface area contributed by atoms with E-state index in [0.717, 1.165) is 0 Å². The van der Waals surface area contributed by atoms with Crippen LogP contribution in [-0.4, -0.2) is 95.5 Å². The van der Waals surface area contributed by atoms with E-state index in [1.807, 2.05) is 18.2 Å². The quantitative estimate of drug-likeness (QED) is 0.114. The van der Waals surface area contributed by atoms with Crippen LogP contribution in [0.4, 0.5) is 0 Å². The van der Waals surface area contributed by atoms with Crippen molar-refractivity contribution in [2.75, 3.05) is 6.61 Å². The molecule has 0 amide bonds. The van der Waals surface area contributed by atoms with Gasteiger partial charge < -0.3 is 44.9 Å². The zero-order chi connectivity index (χ0) is 45.6. The zero-order valence-electron chi connectivity index (χ0n) is 40.5. The molecule has 0 bridgehead atoms. The highest BCUT2D eigenvalue weighted by atomic mass is 28.4. The molecule has 1 aliphatic rings. The molecule has 1 aliphatic heterocycles. The third-order valence-corrected chi connectivity index (χ3v) is 14.7. The molecule has 1 fully saturated rings. The SMILES string of the molecule is C[Si](C)(C)OCC1OC(Oc2cc(O[Si](C)(C)C)cc3oc(-c4ccc(O[Si](C)(C)C)c(O[Si](C)(C)C)c4)cc(=O)c23)C(O[Si](C)(C)C)C(O[Si](C)(C)C)C1O[Si](C)(C)C. The maximum Gasteiger partial charge on any atom is 0.242 e. The van der Waals surface area contributed by atoms with Gasteiger partial charge in [-0.1, -0.05) is 0 Å². The molecule has 3 aromatic rings. The Kier molecular flexibility index (Phi) is 15.5. The number of hydrogen-bond acceptors (Lipinski definition) is 11. The van der Waals surface area contributed by atoms with Gasteiger partial charge in [-0.25, -0.2) is 0 Å². The van der Waals surface area contributed by atoms with E-state index in [0.29, 0.717) is 40.8 Å². The van der Waals surface area contributed by atoms with Crippen molar-refractivity contribution in [3.8, 4) is 34.3 Å². The van der Waals surface area contributed by atoms with Crippen LogP contribution in [0, 0.1) is 0 Å². The van der Waals surface area contributed by atoms with Crippen molar-refractivity contribution in [3.63, 3.8) is 0 Å². The predicted octanol–water partition coefficient (Wildman–Crippen LogP) is 11.7. The van der Waals surface area contributed by atoms with Crippen molar-refractivity contribution in [1.82, 2.24) is 0 Å². The fourth-order valence-corrected chi connectivity index (χ4v) is 12.9. The molecule has 5 atom stereocenters. The summed E-state index contributed by atoms with van der Waals surface area (Å²) in [5.74, 6) is 2.52. The minimum atomic E-state index is -2.28. The Hall–Kier alpha value is -1.83. The summed E-state index contributed by atoms with van der Waals surface area (Å²) in [6.07, 6.45) is -3.20. The topological polar surface area (TPSA) is 113 Å². The molecular weight excluding hydrogens is 877 g/mol. The van der Waals surface area contributed by atoms with Crippen molar-refractivity contribution >= 4 is 69.2 Å². The Labute approximate surface area is 368 Å². The smallest absolute Gasteiger partial charge is 0.242 e. The monoisotopic (exact) mass is 952 g/mol. The van der Waals surface area contributed by atoms with Gasteiger partial charge >= 0.3 is 0 Å². The van der Waals surface area contributed by atoms with E-state index in [4.69, 9.17) is 44.9 Å². The minimum Gasteiger partial charge on any atom is -0.544 e. The molecule has 18 heteroatoms. The summed E-state index contributed by atoms with van der Waals surface area (Å²) in [4.78, 5) is 14.5. The summed E-state index contributed by atoms with van der Waals surface area (Å²) < 4.78 is 67.8. The molecule has 0 spiro atoms. The minimum absolute atomic E-state index is 0.271. The van der Waals surface area contributed by atoms with Gasteiger partial charge in [0.2, 0.25) is 31.2 Å². The van der Waals surface area contributed by atoms with Crippen molar-refractivity contribution in [1.29, 1.82) is 0 Å². The molecule has 2 aromatic carbocycles. The van der Waals surface area contributed by atoms with Gasteiger partial charge in [-0.2, -0.15) is 0 Å². The van der Waals surface area contributed by atoms with Crippen molar-refractivity contribution in [3.05, 3.63) is 46.6 Å². The molecule has 338 valence electrons. The van der Waals surface area contributed by atoms with Crippen molar-refractivity contribution in [2.45, 2.75) is 168 Å². The third kappa shape index (κ3) is 16.1. The van der Waals surface area contributed by atoms with Gasteiger partial charge in [0.1, 0.15) is 64.1 Å². The van der Waals surface area contributed by atoms with E-state index in [-0.39, 0.29) is 16.6 Å². The summed E-state index contributed by atoms with van der Waals surface area (Å²) >= 11 is 0. The first kappa shape index (κ1) is 50.8. The van der Waals surface area contributed by atoms with Gasteiger partial charge in [-0.05, 0) is 156 Å². The fourth-order valence-electron chi connectivity index (χ4n) is 6.55. The highest BCUT2D eigenvalue weighted by Crippen LogP contribution is 2.40. The molecule has 11 nitrogen and oxygen atoms in total. The molecule has 0 radical (unpaired) electrons. The Morgan fingerprint density at radius 1 is 0.517 bits per heavy atom. The van der Waals surface area contributed by atoms with Crippen LogP contribution in [0.3, 0.4) is 0 Å². The highest BCUT2D eigenvalue weighted by Gasteiger charge is 2.53. The van der Waals surface area contributed by atoms with E-state index in [1.165, 1.54) is 6.07 Å². The predicted molar refractivity (Wildman–Crippen MR) is 263 cm³/mol. The van der Waals surface area contributed by atoms with Crippen molar-refractivity contribution in [2.24, 2.45) is 0 Å². The zero-order valence-corrected chi connectivity index (χ0v) is 47.5. The van der Waals surface area contributed by atoms with Crippen LogP contribution < -0.4 is 23.4 Å². The molecule has 0 N–H and O–H groups in total. The second kappa shape index (κ2) is 18.3. The molecule has 1 saturated heterocycles. The Morgan fingerprint density at radius 2 is 1.03 bits per heavy atom. The van der Waals surface area contributed by atoms with Crippen LogP contribution in [0.15, 0.2) is 45.6 Å². The van der Waals surface area contributed by atoms with Gasteiger partial charge in [0, 0.05) is 23.8 Å². The Bertz CT molecular complexity index is 1990. The largest absolute Gasteiger partial charge is 0.544 e. The molecule has 60 heavy (non-hydrogen) atoms. The van der Waals surface area contributed by atoms with E-state index in [9.17, 15) is 4.79 Å². The average Bonchev–Trinajstić information content (AvgIpc) is 2.99. The van der Waals surface area contributed by atoms with Crippen LogP contribution in [0.5, 0.6) is 23.0 Å². The molecular formula is C42H76O11Si7. The second-order valence-corrected chi connectivity index (χ2v) is 53.9. The van der Waals surface area contributed by atoms with Gasteiger partial charge in [-0.3, -0.25) is 4.79 Å². The van der Waals surface area contributed by atoms with Gasteiger partial charge in [0.15, 0.2) is 38.7 Å². The van der Waals surface area contributed by atoms with Gasteiger partial charge in [-0.15, -0.1) is 0 Å². The number of rotatable bonds is 18. The van der Waals surface area contributed by atoms with Crippen LogP contribution >= 0.6 is 0 Å². The number of fused-ring (bicyclic) bond motifs is 1. The molecule has 0 saturated carbocycles. The lowest BCUT2D eigenvalue weighted by molar-refractivity contribution is -0.265. The lowest BCUT2D eigenvalue weighted by atomic mass is 9.99. The number of benzene rings is 2. The van der Waals surface area contributed by atoms with Crippen LogP contribution in [0.1, 0.15) is 0 Å². The van der Waals surface area contributed by atoms with Gasteiger partial charge in [0.25, 0.3) is 0 Å². The summed E-state index contributed by atoms with van der Waals surface area (Å²) in [5, 5.41) is 0.271. The fraction of sp³-hybridized carbons (Fsp3) is 0.643. The standard InChI is InChI=1S/C42H76O11Si7/c1-54(2,3)44-28-37-39(51-58(13,14)15)40(52-59(16,17)18)41(53-60(19,20)21)42(47-37)46-36-26-30(48-55(4,5)6)25-35-38(36)31(43)27-33(45-35)29-22-23-32(49-56(7,8)9)34(24-29)50-57(10,11)12/h22-27,37,39-42H,28H2,1-21H3. The number of ether oxygens (including phenoxy) is 2. The van der Waals surface area contributed by atoms with E-state index in [1.54, 1.807) is 12.1 Å². The molecule has 2 heterocycles. The highest BCUT2D eigenvalue weighted by molar-refractivity contribution is 6.72. The van der Waals surface area contributed by atoms with Crippen LogP contribution in [0.25, 0.3) is 22.3 Å². The van der Waals surface area contributed by atoms with Crippen molar-refractivity contribution < 1.29 is 44.9 Å². The molecule has 4 rings (SSSR count). The van der Waals surface area contributed by atoms with E-state index in [2.05, 4.69) is 137 Å². The number of hydrogen-bond donors (Lipinski definition) is 0. The average molecular weight is 954 g/mol. The second-order valence-electron chi connectivity index (χ2n) is 22.7. The van der Waals surface area contributed by atoms with Crippen LogP contribution in [0.2, 0.25) is 137 Å². The first-order valence-electron chi connectivity index (χ1n) is 21.3. The lowest BCUT2D eigenvalue weighted by Crippen LogP contribution is -2.67.